The van der Waals surface area contributed by atoms with Gasteiger partial charge >= 0.3 is 0 Å². The van der Waals surface area contributed by atoms with Gasteiger partial charge in [-0.2, -0.15) is 0 Å². The molecule has 1 atom stereocenters. The van der Waals surface area contributed by atoms with Crippen molar-refractivity contribution >= 4 is 0 Å². The summed E-state index contributed by atoms with van der Waals surface area (Å²) in [7, 11) is 1.68. The van der Waals surface area contributed by atoms with Gasteiger partial charge in [0, 0.05) is 24.2 Å². The second-order valence-corrected chi connectivity index (χ2v) is 2.94. The van der Waals surface area contributed by atoms with E-state index in [0.717, 1.165) is 5.76 Å². The molecule has 0 spiro atoms. The molecule has 0 bridgehead atoms. The fraction of sp³-hybridized carbons (Fsp3) is 0.333. The maximum absolute atomic E-state index is 5.12. The zero-order valence-electron chi connectivity index (χ0n) is 7.24. The molecule has 2 aliphatic heterocycles. The predicted octanol–water partition coefficient (Wildman–Crippen LogP) is 1.14. The minimum atomic E-state index is 0.241. The zero-order chi connectivity index (χ0) is 8.55. The van der Waals surface area contributed by atoms with Crippen LogP contribution in [0.2, 0.25) is 0 Å². The Labute approximate surface area is 72.0 Å². The highest BCUT2D eigenvalue weighted by molar-refractivity contribution is 5.25. The first-order valence-electron chi connectivity index (χ1n) is 3.96. The van der Waals surface area contributed by atoms with E-state index in [1.165, 1.54) is 5.70 Å². The smallest absolute Gasteiger partial charge is 0.126 e. The monoisotopic (exact) mass is 164 g/mol. The van der Waals surface area contributed by atoms with Crippen LogP contribution in [0.5, 0.6) is 0 Å². The molecule has 12 heavy (non-hydrogen) atoms. The standard InChI is InChI=1S/C9H12N2O/c1-7-6-11-4-3-8(12-2)5-9(11)10-7/h3-6,9-10H,1-2H3. The second-order valence-electron chi connectivity index (χ2n) is 2.94. The molecule has 0 aromatic rings. The van der Waals surface area contributed by atoms with Gasteiger partial charge in [0.05, 0.1) is 7.11 Å². The van der Waals surface area contributed by atoms with E-state index < -0.39 is 0 Å². The highest BCUT2D eigenvalue weighted by Crippen LogP contribution is 2.18. The van der Waals surface area contributed by atoms with Crippen LogP contribution in [0.15, 0.2) is 36.0 Å². The second kappa shape index (κ2) is 2.59. The van der Waals surface area contributed by atoms with Crippen molar-refractivity contribution in [3.63, 3.8) is 0 Å². The van der Waals surface area contributed by atoms with Crippen molar-refractivity contribution in [1.29, 1.82) is 0 Å². The van der Waals surface area contributed by atoms with Gasteiger partial charge in [0.25, 0.3) is 0 Å². The predicted molar refractivity (Wildman–Crippen MR) is 46.8 cm³/mol. The Balaban J connectivity index is 2.18. The molecule has 0 saturated carbocycles. The SMILES string of the molecule is COC1=CC2NC(C)=CN2C=C1. The van der Waals surface area contributed by atoms with E-state index in [1.807, 2.05) is 25.3 Å². The minimum Gasteiger partial charge on any atom is -0.497 e. The van der Waals surface area contributed by atoms with Crippen molar-refractivity contribution in [3.05, 3.63) is 36.0 Å². The van der Waals surface area contributed by atoms with Gasteiger partial charge in [-0.25, -0.2) is 0 Å². The average Bonchev–Trinajstić information content (AvgIpc) is 2.43. The molecule has 0 aromatic heterocycles. The number of nitrogens with zero attached hydrogens (tertiary/aromatic N) is 1. The Hall–Kier alpha value is -1.38. The highest BCUT2D eigenvalue weighted by Gasteiger charge is 2.20. The molecule has 3 nitrogen and oxygen atoms in total. The van der Waals surface area contributed by atoms with Crippen LogP contribution in [0, 0.1) is 0 Å². The van der Waals surface area contributed by atoms with Gasteiger partial charge < -0.3 is 15.0 Å². The summed E-state index contributed by atoms with van der Waals surface area (Å²) in [6, 6.07) is 0. The lowest BCUT2D eigenvalue weighted by Gasteiger charge is -2.22. The van der Waals surface area contributed by atoms with Crippen LogP contribution in [0.4, 0.5) is 0 Å². The fourth-order valence-electron chi connectivity index (χ4n) is 1.42. The lowest BCUT2D eigenvalue weighted by molar-refractivity contribution is 0.288. The molecule has 0 aromatic carbocycles. The highest BCUT2D eigenvalue weighted by atomic mass is 16.5. The third kappa shape index (κ3) is 1.07. The van der Waals surface area contributed by atoms with Crippen molar-refractivity contribution in [3.8, 4) is 0 Å². The lowest BCUT2D eigenvalue weighted by Crippen LogP contribution is -2.32. The minimum absolute atomic E-state index is 0.241. The van der Waals surface area contributed by atoms with Crippen LogP contribution < -0.4 is 5.32 Å². The Morgan fingerprint density at radius 1 is 1.58 bits per heavy atom. The molecule has 0 radical (unpaired) electrons. The first-order chi connectivity index (χ1) is 5.79. The molecule has 64 valence electrons. The van der Waals surface area contributed by atoms with Crippen LogP contribution in [0.25, 0.3) is 0 Å². The maximum Gasteiger partial charge on any atom is 0.126 e. The summed E-state index contributed by atoms with van der Waals surface area (Å²) < 4.78 is 5.12. The first kappa shape index (κ1) is 7.28. The number of hydrogen-bond acceptors (Lipinski definition) is 3. The number of hydrogen-bond donors (Lipinski definition) is 1. The molecule has 1 unspecified atom stereocenters. The molecule has 1 N–H and O–H groups in total. The van der Waals surface area contributed by atoms with E-state index in [9.17, 15) is 0 Å². The van der Waals surface area contributed by atoms with E-state index >= 15 is 0 Å². The number of fused-ring (bicyclic) bond motifs is 1. The average molecular weight is 164 g/mol. The summed E-state index contributed by atoms with van der Waals surface area (Å²) in [5.41, 5.74) is 1.18. The quantitative estimate of drug-likeness (QED) is 0.629. The van der Waals surface area contributed by atoms with Crippen molar-refractivity contribution in [2.75, 3.05) is 7.11 Å². The van der Waals surface area contributed by atoms with Gasteiger partial charge in [-0.15, -0.1) is 0 Å². The van der Waals surface area contributed by atoms with Crippen LogP contribution in [0.1, 0.15) is 6.92 Å². The summed E-state index contributed by atoms with van der Waals surface area (Å²) in [5, 5.41) is 3.30. The number of rotatable bonds is 1. The van der Waals surface area contributed by atoms with Gasteiger partial charge in [0.15, 0.2) is 0 Å². The third-order valence-corrected chi connectivity index (χ3v) is 2.01. The van der Waals surface area contributed by atoms with Crippen molar-refractivity contribution < 1.29 is 4.74 Å². The van der Waals surface area contributed by atoms with Crippen LogP contribution in [-0.2, 0) is 4.74 Å². The molecular weight excluding hydrogens is 152 g/mol. The largest absolute Gasteiger partial charge is 0.497 e. The Bertz CT molecular complexity index is 278. The molecular formula is C9H12N2O. The number of allylic oxidation sites excluding steroid dienone is 2. The van der Waals surface area contributed by atoms with Gasteiger partial charge in [0.1, 0.15) is 11.9 Å². The van der Waals surface area contributed by atoms with Crippen LogP contribution in [0.3, 0.4) is 0 Å². The Kier molecular flexibility index (Phi) is 1.57. The fourth-order valence-corrected chi connectivity index (χ4v) is 1.42. The van der Waals surface area contributed by atoms with E-state index in [2.05, 4.69) is 16.4 Å². The van der Waals surface area contributed by atoms with Gasteiger partial charge in [0.2, 0.25) is 0 Å². The third-order valence-electron chi connectivity index (χ3n) is 2.01. The van der Waals surface area contributed by atoms with E-state index in [-0.39, 0.29) is 6.17 Å². The van der Waals surface area contributed by atoms with Crippen molar-refractivity contribution in [2.24, 2.45) is 0 Å². The molecule has 0 amide bonds. The van der Waals surface area contributed by atoms with Crippen LogP contribution >= 0.6 is 0 Å². The van der Waals surface area contributed by atoms with Crippen molar-refractivity contribution in [2.45, 2.75) is 13.1 Å². The summed E-state index contributed by atoms with van der Waals surface area (Å²) in [6.07, 6.45) is 8.32. The Morgan fingerprint density at radius 2 is 2.42 bits per heavy atom. The maximum atomic E-state index is 5.12. The van der Waals surface area contributed by atoms with Crippen molar-refractivity contribution in [1.82, 2.24) is 10.2 Å². The Morgan fingerprint density at radius 3 is 3.17 bits per heavy atom. The number of nitrogens with one attached hydrogen (secondary N) is 1. The molecule has 0 saturated heterocycles. The molecule has 0 aliphatic carbocycles. The molecule has 2 aliphatic rings. The molecule has 2 rings (SSSR count). The van der Waals surface area contributed by atoms with E-state index in [1.54, 1.807) is 7.11 Å². The summed E-state index contributed by atoms with van der Waals surface area (Å²) in [4.78, 5) is 2.11. The molecule has 2 heterocycles. The zero-order valence-corrected chi connectivity index (χ0v) is 7.24. The number of methoxy groups -OCH3 is 1. The van der Waals surface area contributed by atoms with Gasteiger partial charge in [-0.3, -0.25) is 0 Å². The summed E-state index contributed by atoms with van der Waals surface area (Å²) in [5.74, 6) is 0.909. The summed E-state index contributed by atoms with van der Waals surface area (Å²) in [6.45, 7) is 2.05. The molecule has 3 heteroatoms. The lowest BCUT2D eigenvalue weighted by atomic mass is 10.3. The normalized spacial score (nSPS) is 25.8. The molecule has 0 fully saturated rings. The first-order valence-corrected chi connectivity index (χ1v) is 3.96. The van der Waals surface area contributed by atoms with E-state index in [0.29, 0.717) is 0 Å². The van der Waals surface area contributed by atoms with E-state index in [4.69, 9.17) is 4.74 Å². The van der Waals surface area contributed by atoms with Gasteiger partial charge in [-0.05, 0) is 13.0 Å². The summed E-state index contributed by atoms with van der Waals surface area (Å²) >= 11 is 0. The van der Waals surface area contributed by atoms with Crippen LogP contribution in [-0.4, -0.2) is 18.2 Å². The number of ether oxygens (including phenoxy) is 1. The van der Waals surface area contributed by atoms with Gasteiger partial charge in [-0.1, -0.05) is 0 Å². The topological polar surface area (TPSA) is 24.5 Å².